The number of halogens is 2. The van der Waals surface area contributed by atoms with Crippen molar-refractivity contribution in [1.29, 1.82) is 0 Å². The average molecular weight is 831 g/mol. The summed E-state index contributed by atoms with van der Waals surface area (Å²) in [5, 5.41) is 0. The van der Waals surface area contributed by atoms with Crippen molar-refractivity contribution >= 4 is 10.9 Å². The molecule has 0 aromatic heterocycles. The van der Waals surface area contributed by atoms with E-state index in [9.17, 15) is 0 Å². The largest absolute Gasteiger partial charge is 1.00 e. The molecule has 0 aromatic rings. The van der Waals surface area contributed by atoms with Crippen LogP contribution in [0.5, 0.6) is 0 Å². The molecular formula is C32H48Br2Si2Zr2-2. The molecule has 0 atom stereocenters. The molecule has 0 saturated heterocycles. The molecule has 0 fully saturated rings. The van der Waals surface area contributed by atoms with Crippen LogP contribution in [-0.2, 0) is 46.7 Å². The molecule has 0 saturated carbocycles. The Balaban J connectivity index is -0.000000184. The molecule has 0 radical (unpaired) electrons. The van der Waals surface area contributed by atoms with Gasteiger partial charge in [-0.05, 0) is 0 Å². The number of rotatable bonds is 0. The van der Waals surface area contributed by atoms with Gasteiger partial charge in [0, 0.05) is 0 Å². The van der Waals surface area contributed by atoms with Crippen LogP contribution in [0.4, 0.5) is 0 Å². The van der Waals surface area contributed by atoms with Crippen LogP contribution < -0.4 is 34.0 Å². The summed E-state index contributed by atoms with van der Waals surface area (Å²) in [6, 6.07) is 0. The quantitative estimate of drug-likeness (QED) is 0.257. The number of hydrogen-bond donors (Lipinski definition) is 0. The summed E-state index contributed by atoms with van der Waals surface area (Å²) in [7, 11) is 0. The minimum Gasteiger partial charge on any atom is -1.00 e. The number of hydrogen-bond acceptors (Lipinski definition) is 0. The minimum atomic E-state index is 0. The second kappa shape index (κ2) is 28.2. The summed E-state index contributed by atoms with van der Waals surface area (Å²) in [6.07, 6.45) is 25.6. The number of allylic oxidation sites excluding steroid dienone is 16. The summed E-state index contributed by atoms with van der Waals surface area (Å²) in [4.78, 5) is 0. The van der Waals surface area contributed by atoms with Gasteiger partial charge in [-0.15, -0.1) is 53.4 Å². The van der Waals surface area contributed by atoms with E-state index in [0.29, 0.717) is 0 Å². The Morgan fingerprint density at radius 2 is 0.579 bits per heavy atom. The van der Waals surface area contributed by atoms with E-state index in [4.69, 9.17) is 0 Å². The van der Waals surface area contributed by atoms with Gasteiger partial charge in [-0.3, -0.25) is 24.3 Å². The molecule has 4 rings (SSSR count). The summed E-state index contributed by atoms with van der Waals surface area (Å²) in [6.45, 7) is 26.1. The summed E-state index contributed by atoms with van der Waals surface area (Å²) < 4.78 is 0. The standard InChI is InChI=1S/4C7H9.2C2H6Si.2BrH.2Zr/c4*1-6-4-3-5-7(6)2;2*1-3-2;;;;/h4*4H,3H2,1-2H3;2*1-2H3;2*1H;;/q4*-1;;;;;2*+2/p-2. The third-order valence-electron chi connectivity index (χ3n) is 5.47. The van der Waals surface area contributed by atoms with Gasteiger partial charge in [0.25, 0.3) is 0 Å². The van der Waals surface area contributed by atoms with Crippen molar-refractivity contribution in [1.82, 2.24) is 0 Å². The molecule has 0 amide bonds. The Morgan fingerprint density at radius 1 is 0.447 bits per heavy atom. The van der Waals surface area contributed by atoms with Crippen LogP contribution in [0.2, 0.25) is 26.2 Å². The topological polar surface area (TPSA) is 0 Å². The van der Waals surface area contributed by atoms with Crippen molar-refractivity contribution in [2.24, 2.45) is 0 Å². The Bertz CT molecular complexity index is 769. The van der Waals surface area contributed by atoms with Crippen LogP contribution in [-0.4, -0.2) is 10.9 Å². The molecule has 0 N–H and O–H groups in total. The molecule has 4 aliphatic rings. The van der Waals surface area contributed by atoms with E-state index < -0.39 is 0 Å². The van der Waals surface area contributed by atoms with Crippen LogP contribution in [0, 0.1) is 24.3 Å². The molecule has 4 aliphatic carbocycles. The first-order valence-electron chi connectivity index (χ1n) is 12.7. The van der Waals surface area contributed by atoms with Gasteiger partial charge in [0.15, 0.2) is 0 Å². The van der Waals surface area contributed by atoms with E-state index in [-0.39, 0.29) is 44.8 Å². The van der Waals surface area contributed by atoms with Crippen molar-refractivity contribution in [3.63, 3.8) is 0 Å². The minimum absolute atomic E-state index is 0. The smallest absolute Gasteiger partial charge is 1.00 e. The first-order chi connectivity index (χ1) is 16.7. The second-order valence-electron chi connectivity index (χ2n) is 9.57. The third kappa shape index (κ3) is 28.6. The van der Waals surface area contributed by atoms with Gasteiger partial charge in [-0.2, -0.15) is 24.3 Å². The summed E-state index contributed by atoms with van der Waals surface area (Å²) in [5.74, 6) is 0. The zero-order chi connectivity index (χ0) is 28.3. The van der Waals surface area contributed by atoms with Gasteiger partial charge in [0.2, 0.25) is 0 Å². The molecule has 0 aliphatic heterocycles. The van der Waals surface area contributed by atoms with Crippen molar-refractivity contribution in [2.45, 2.75) is 107 Å². The molecule has 0 spiro atoms. The van der Waals surface area contributed by atoms with Crippen molar-refractivity contribution in [3.8, 4) is 0 Å². The van der Waals surface area contributed by atoms with E-state index in [0.717, 1.165) is 25.7 Å². The molecule has 0 aromatic carbocycles. The van der Waals surface area contributed by atoms with Crippen LogP contribution >= 0.6 is 0 Å². The molecule has 0 nitrogen and oxygen atoms in total. The zero-order valence-electron chi connectivity index (χ0n) is 25.9. The SMILES string of the molecule is CC1=[C-]CC=C1C.CC1=[C-]CC=C1C.CC1=[C-]CC=C1C.CC1=[C-]CC=C1C.C[Si](C)=[Zr+2].C[Si](C)=[Zr+2].[Br-].[Br-]. The molecule has 38 heavy (non-hydrogen) atoms. The van der Waals surface area contributed by atoms with Crippen molar-refractivity contribution in [3.05, 3.63) is 93.2 Å². The molecule has 6 heteroatoms. The fraction of sp³-hybridized carbons (Fsp3) is 0.500. The van der Waals surface area contributed by atoms with Crippen LogP contribution in [0.3, 0.4) is 0 Å². The Kier molecular flexibility index (Phi) is 34.2. The molecular weight excluding hydrogens is 783 g/mol. The van der Waals surface area contributed by atoms with E-state index in [1.807, 2.05) is 0 Å². The van der Waals surface area contributed by atoms with Crippen LogP contribution in [0.25, 0.3) is 0 Å². The molecule has 0 heterocycles. The average Bonchev–Trinajstić information content (AvgIpc) is 3.53. The summed E-state index contributed by atoms with van der Waals surface area (Å²) in [5.41, 5.74) is 11.3. The Hall–Kier alpha value is 1.08. The predicted octanol–water partition coefficient (Wildman–Crippen LogP) is 3.92. The summed E-state index contributed by atoms with van der Waals surface area (Å²) >= 11 is 3.48. The van der Waals surface area contributed by atoms with Gasteiger partial charge < -0.3 is 34.0 Å². The van der Waals surface area contributed by atoms with E-state index in [2.05, 4.69) is 130 Å². The van der Waals surface area contributed by atoms with Crippen LogP contribution in [0.15, 0.2) is 68.9 Å². The predicted molar refractivity (Wildman–Crippen MR) is 158 cm³/mol. The fourth-order valence-electron chi connectivity index (χ4n) is 2.60. The van der Waals surface area contributed by atoms with E-state index in [1.165, 1.54) is 44.6 Å². The van der Waals surface area contributed by atoms with Crippen molar-refractivity contribution in [2.75, 3.05) is 0 Å². The van der Waals surface area contributed by atoms with Gasteiger partial charge in [-0.25, -0.2) is 44.6 Å². The molecule has 208 valence electrons. The zero-order valence-corrected chi connectivity index (χ0v) is 36.0. The maximum Gasteiger partial charge on any atom is -1.00 e. The maximum absolute atomic E-state index is 3.19. The fourth-order valence-corrected chi connectivity index (χ4v) is 2.60. The second-order valence-corrected chi connectivity index (χ2v) is 28.3. The molecule has 0 unspecified atom stereocenters. The van der Waals surface area contributed by atoms with E-state index >= 15 is 0 Å². The normalized spacial score (nSPS) is 15.6. The molecule has 0 bridgehead atoms. The first kappa shape index (κ1) is 46.0. The maximum atomic E-state index is 3.19. The van der Waals surface area contributed by atoms with Gasteiger partial charge >= 0.3 is 83.7 Å². The Morgan fingerprint density at radius 3 is 0.605 bits per heavy atom. The van der Waals surface area contributed by atoms with Gasteiger partial charge in [0.1, 0.15) is 0 Å². The van der Waals surface area contributed by atoms with Crippen LogP contribution in [0.1, 0.15) is 81.1 Å². The monoisotopic (exact) mass is 826 g/mol. The Labute approximate surface area is 288 Å². The van der Waals surface area contributed by atoms with Gasteiger partial charge in [-0.1, -0.05) is 27.7 Å². The van der Waals surface area contributed by atoms with Gasteiger partial charge in [0.05, 0.1) is 0 Å². The van der Waals surface area contributed by atoms with E-state index in [1.54, 1.807) is 46.7 Å². The van der Waals surface area contributed by atoms with Crippen molar-refractivity contribution < 1.29 is 80.6 Å². The first-order valence-corrected chi connectivity index (χ1v) is 25.1. The third-order valence-corrected chi connectivity index (χ3v) is 5.47.